The molecule has 0 unspecified atom stereocenters. The minimum atomic E-state index is -1.19. The van der Waals surface area contributed by atoms with Gasteiger partial charge >= 0.3 is 5.97 Å². The Morgan fingerprint density at radius 3 is 2.28 bits per heavy atom. The SMILES string of the molecule is CC(C)c1c(C(=O)N[C@H](CO)Cc2ccccc2)nc(-c2ccc(F)cc2)n1CC[C@@H](O)C[C@@H](O)CC(=O)O. The normalized spacial score (nSPS) is 13.7. The predicted octanol–water partition coefficient (Wildman–Crippen LogP) is 3.12. The molecule has 0 radical (unpaired) electrons. The van der Waals surface area contributed by atoms with Crippen molar-refractivity contribution in [1.82, 2.24) is 14.9 Å². The standard InChI is InChI=1S/C29H36FN3O6/c1-18(2)27-26(29(39)31-22(17-34)14-19-6-4-3-5-7-19)32-28(20-8-10-21(30)11-9-20)33(27)13-12-23(35)15-24(36)16-25(37)38/h3-11,18,22-24,34-36H,12-17H2,1-2H3,(H,31,39)(H,37,38)/t22-,23+,24+/m0/s1. The zero-order chi connectivity index (χ0) is 28.5. The molecule has 9 nitrogen and oxygen atoms in total. The first kappa shape index (κ1) is 29.9. The van der Waals surface area contributed by atoms with Crippen molar-refractivity contribution in [3.8, 4) is 11.4 Å². The average molecular weight is 542 g/mol. The van der Waals surface area contributed by atoms with Crippen molar-refractivity contribution in [2.24, 2.45) is 0 Å². The van der Waals surface area contributed by atoms with Gasteiger partial charge < -0.3 is 30.3 Å². The number of aliphatic hydroxyl groups excluding tert-OH is 3. The molecule has 3 rings (SSSR count). The molecule has 0 spiro atoms. The van der Waals surface area contributed by atoms with E-state index in [-0.39, 0.29) is 37.6 Å². The number of nitrogens with zero attached hydrogens (tertiary/aromatic N) is 2. The number of carbonyl (C=O) groups is 2. The number of halogens is 1. The Morgan fingerprint density at radius 2 is 1.69 bits per heavy atom. The van der Waals surface area contributed by atoms with Crippen LogP contribution in [0.2, 0.25) is 0 Å². The van der Waals surface area contributed by atoms with Gasteiger partial charge in [-0.1, -0.05) is 44.2 Å². The number of aromatic nitrogens is 2. The Labute approximate surface area is 227 Å². The molecule has 3 atom stereocenters. The fourth-order valence-corrected chi connectivity index (χ4v) is 4.57. The number of hydrogen-bond acceptors (Lipinski definition) is 6. The van der Waals surface area contributed by atoms with Crippen LogP contribution in [0.4, 0.5) is 4.39 Å². The van der Waals surface area contributed by atoms with Gasteiger partial charge in [0, 0.05) is 12.1 Å². The number of aliphatic hydroxyl groups is 3. The first-order chi connectivity index (χ1) is 18.6. The number of hydrogen-bond donors (Lipinski definition) is 5. The Balaban J connectivity index is 1.92. The van der Waals surface area contributed by atoms with Gasteiger partial charge in [-0.2, -0.15) is 0 Å². The van der Waals surface area contributed by atoms with Gasteiger partial charge in [0.1, 0.15) is 17.3 Å². The molecule has 10 heteroatoms. The van der Waals surface area contributed by atoms with Crippen LogP contribution in [-0.2, 0) is 17.8 Å². The topological polar surface area (TPSA) is 145 Å². The molecular weight excluding hydrogens is 505 g/mol. The van der Waals surface area contributed by atoms with E-state index in [9.17, 15) is 29.3 Å². The zero-order valence-corrected chi connectivity index (χ0v) is 22.1. The average Bonchev–Trinajstić information content (AvgIpc) is 3.27. The number of aliphatic carboxylic acids is 1. The Morgan fingerprint density at radius 1 is 1.03 bits per heavy atom. The molecule has 0 fully saturated rings. The first-order valence-electron chi connectivity index (χ1n) is 13.0. The number of carboxylic acid groups (broad SMARTS) is 1. The zero-order valence-electron chi connectivity index (χ0n) is 22.1. The van der Waals surface area contributed by atoms with Crippen LogP contribution in [0.5, 0.6) is 0 Å². The number of benzene rings is 2. The highest BCUT2D eigenvalue weighted by molar-refractivity contribution is 5.94. The highest BCUT2D eigenvalue weighted by Gasteiger charge is 2.27. The van der Waals surface area contributed by atoms with Crippen LogP contribution in [0.25, 0.3) is 11.4 Å². The minimum Gasteiger partial charge on any atom is -0.481 e. The molecule has 1 amide bonds. The molecule has 0 saturated carbocycles. The van der Waals surface area contributed by atoms with Crippen LogP contribution < -0.4 is 5.32 Å². The minimum absolute atomic E-state index is 0.116. The summed E-state index contributed by atoms with van der Waals surface area (Å²) < 4.78 is 15.5. The summed E-state index contributed by atoms with van der Waals surface area (Å²) in [6, 6.07) is 14.6. The number of imidazole rings is 1. The third kappa shape index (κ3) is 8.44. The van der Waals surface area contributed by atoms with Crippen LogP contribution >= 0.6 is 0 Å². The second-order valence-corrected chi connectivity index (χ2v) is 9.96. The van der Waals surface area contributed by atoms with Crippen molar-refractivity contribution in [3.05, 3.63) is 77.4 Å². The van der Waals surface area contributed by atoms with Gasteiger partial charge in [0.05, 0.1) is 37.0 Å². The van der Waals surface area contributed by atoms with Crippen molar-refractivity contribution in [2.75, 3.05) is 6.61 Å². The molecule has 210 valence electrons. The molecule has 0 saturated heterocycles. The summed E-state index contributed by atoms with van der Waals surface area (Å²) in [5.41, 5.74) is 2.29. The van der Waals surface area contributed by atoms with E-state index in [2.05, 4.69) is 10.3 Å². The monoisotopic (exact) mass is 541 g/mol. The summed E-state index contributed by atoms with van der Waals surface area (Å²) in [7, 11) is 0. The van der Waals surface area contributed by atoms with Gasteiger partial charge in [0.15, 0.2) is 0 Å². The third-order valence-corrected chi connectivity index (χ3v) is 6.39. The largest absolute Gasteiger partial charge is 0.481 e. The molecular formula is C29H36FN3O6. The fraction of sp³-hybridized carbons (Fsp3) is 0.414. The Bertz CT molecular complexity index is 1230. The lowest BCUT2D eigenvalue weighted by Crippen LogP contribution is -2.39. The van der Waals surface area contributed by atoms with Crippen molar-refractivity contribution in [2.45, 2.75) is 70.2 Å². The number of rotatable bonds is 14. The first-order valence-corrected chi connectivity index (χ1v) is 13.0. The number of nitrogens with one attached hydrogen (secondary N) is 1. The second kappa shape index (κ2) is 14.0. The maximum Gasteiger partial charge on any atom is 0.305 e. The van der Waals surface area contributed by atoms with Crippen LogP contribution in [0, 0.1) is 5.82 Å². The molecule has 1 heterocycles. The smallest absolute Gasteiger partial charge is 0.305 e. The van der Waals surface area contributed by atoms with Gasteiger partial charge in [-0.15, -0.1) is 0 Å². The lowest BCUT2D eigenvalue weighted by atomic mass is 10.0. The van der Waals surface area contributed by atoms with Crippen LogP contribution in [0.15, 0.2) is 54.6 Å². The van der Waals surface area contributed by atoms with Crippen molar-refractivity contribution < 1.29 is 34.4 Å². The number of carboxylic acids is 1. The van der Waals surface area contributed by atoms with E-state index in [1.54, 1.807) is 16.7 Å². The quantitative estimate of drug-likeness (QED) is 0.211. The van der Waals surface area contributed by atoms with E-state index in [4.69, 9.17) is 5.11 Å². The molecule has 2 aromatic carbocycles. The molecule has 3 aromatic rings. The van der Waals surface area contributed by atoms with Crippen LogP contribution in [-0.4, -0.2) is 66.7 Å². The number of amides is 1. The van der Waals surface area contributed by atoms with E-state index < -0.39 is 42.4 Å². The molecule has 0 aliphatic heterocycles. The molecule has 39 heavy (non-hydrogen) atoms. The Hall–Kier alpha value is -3.60. The van der Waals surface area contributed by atoms with Gasteiger partial charge in [0.2, 0.25) is 0 Å². The van der Waals surface area contributed by atoms with Crippen molar-refractivity contribution >= 4 is 11.9 Å². The van der Waals surface area contributed by atoms with E-state index in [0.29, 0.717) is 23.5 Å². The molecule has 5 N–H and O–H groups in total. The molecule has 0 bridgehead atoms. The summed E-state index contributed by atoms with van der Waals surface area (Å²) in [4.78, 5) is 29.0. The third-order valence-electron chi connectivity index (χ3n) is 6.39. The van der Waals surface area contributed by atoms with E-state index in [0.717, 1.165) is 5.56 Å². The summed E-state index contributed by atoms with van der Waals surface area (Å²) in [6.07, 6.45) is -2.19. The summed E-state index contributed by atoms with van der Waals surface area (Å²) in [5.74, 6) is -1.80. The summed E-state index contributed by atoms with van der Waals surface area (Å²) >= 11 is 0. The van der Waals surface area contributed by atoms with Gasteiger partial charge in [-0.05, 0) is 55.0 Å². The van der Waals surface area contributed by atoms with E-state index in [1.807, 2.05) is 44.2 Å². The maximum absolute atomic E-state index is 13.7. The van der Waals surface area contributed by atoms with Gasteiger partial charge in [0.25, 0.3) is 5.91 Å². The van der Waals surface area contributed by atoms with Crippen molar-refractivity contribution in [3.63, 3.8) is 0 Å². The Kier molecular flexibility index (Phi) is 10.7. The predicted molar refractivity (Wildman–Crippen MR) is 144 cm³/mol. The van der Waals surface area contributed by atoms with Crippen LogP contribution in [0.3, 0.4) is 0 Å². The van der Waals surface area contributed by atoms with Gasteiger partial charge in [-0.25, -0.2) is 9.37 Å². The summed E-state index contributed by atoms with van der Waals surface area (Å²) in [6.45, 7) is 3.75. The van der Waals surface area contributed by atoms with E-state index >= 15 is 0 Å². The molecule has 1 aromatic heterocycles. The highest BCUT2D eigenvalue weighted by atomic mass is 19.1. The highest BCUT2D eigenvalue weighted by Crippen LogP contribution is 2.29. The van der Waals surface area contributed by atoms with E-state index in [1.165, 1.54) is 12.1 Å². The second-order valence-electron chi connectivity index (χ2n) is 9.96. The van der Waals surface area contributed by atoms with Crippen LogP contribution in [0.1, 0.15) is 60.8 Å². The van der Waals surface area contributed by atoms with Gasteiger partial charge in [-0.3, -0.25) is 9.59 Å². The summed E-state index contributed by atoms with van der Waals surface area (Å²) in [5, 5.41) is 42.1. The maximum atomic E-state index is 13.7. The lowest BCUT2D eigenvalue weighted by Gasteiger charge is -2.19. The lowest BCUT2D eigenvalue weighted by molar-refractivity contribution is -0.139. The number of carbonyl (C=O) groups excluding carboxylic acids is 1. The fourth-order valence-electron chi connectivity index (χ4n) is 4.57. The molecule has 0 aliphatic rings. The molecule has 0 aliphatic carbocycles. The van der Waals surface area contributed by atoms with Crippen molar-refractivity contribution in [1.29, 1.82) is 0 Å².